The zero-order valence-electron chi connectivity index (χ0n) is 16.5. The van der Waals surface area contributed by atoms with Gasteiger partial charge in [-0.2, -0.15) is 0 Å². The van der Waals surface area contributed by atoms with Crippen LogP contribution in [-0.4, -0.2) is 25.3 Å². The quantitative estimate of drug-likeness (QED) is 0.811. The van der Waals surface area contributed by atoms with Gasteiger partial charge < -0.3 is 4.57 Å². The van der Waals surface area contributed by atoms with Gasteiger partial charge in [0.1, 0.15) is 0 Å². The Morgan fingerprint density at radius 3 is 2.61 bits per heavy atom. The summed E-state index contributed by atoms with van der Waals surface area (Å²) in [4.78, 5) is 13.1. The molecule has 1 aliphatic heterocycles. The fraction of sp³-hybridized carbons (Fsp3) is 0.500. The molecule has 1 fully saturated rings. The maximum atomic E-state index is 13.1. The Bertz CT molecular complexity index is 1040. The zero-order chi connectivity index (χ0) is 19.9. The van der Waals surface area contributed by atoms with Crippen LogP contribution in [0.5, 0.6) is 0 Å². The van der Waals surface area contributed by atoms with Crippen molar-refractivity contribution in [3.05, 3.63) is 69.1 Å². The molecule has 0 bridgehead atoms. The van der Waals surface area contributed by atoms with Gasteiger partial charge in [0.25, 0.3) is 5.56 Å². The molecule has 0 saturated heterocycles. The molecule has 6 heteroatoms. The van der Waals surface area contributed by atoms with Gasteiger partial charge in [-0.05, 0) is 61.6 Å². The van der Waals surface area contributed by atoms with Gasteiger partial charge in [0, 0.05) is 17.3 Å². The molecule has 28 heavy (non-hydrogen) atoms. The third-order valence-electron chi connectivity index (χ3n) is 5.98. The molecule has 1 aromatic heterocycles. The smallest absolute Gasteiger partial charge is 0.254 e. The van der Waals surface area contributed by atoms with Crippen molar-refractivity contribution in [1.82, 2.24) is 9.29 Å². The van der Waals surface area contributed by atoms with E-state index in [1.165, 1.54) is 24.7 Å². The van der Waals surface area contributed by atoms with Crippen molar-refractivity contribution in [3.8, 4) is 0 Å². The maximum absolute atomic E-state index is 13.1. The number of hydrogen-bond acceptors (Lipinski definition) is 3. The van der Waals surface area contributed by atoms with Crippen molar-refractivity contribution >= 4 is 10.0 Å². The van der Waals surface area contributed by atoms with Crippen molar-refractivity contribution in [2.75, 3.05) is 6.26 Å². The third kappa shape index (κ3) is 4.08. The first-order chi connectivity index (χ1) is 13.4. The minimum atomic E-state index is -3.36. The van der Waals surface area contributed by atoms with E-state index in [1.807, 2.05) is 23.6 Å². The van der Waals surface area contributed by atoms with Gasteiger partial charge in [0.05, 0.1) is 12.3 Å². The predicted octanol–water partition coefficient (Wildman–Crippen LogP) is 2.94. The van der Waals surface area contributed by atoms with Crippen LogP contribution in [0.1, 0.15) is 60.5 Å². The molecule has 0 amide bonds. The lowest BCUT2D eigenvalue weighted by molar-refractivity contribution is 0.314. The van der Waals surface area contributed by atoms with E-state index in [-0.39, 0.29) is 17.6 Å². The summed E-state index contributed by atoms with van der Waals surface area (Å²) in [5.41, 5.74) is 4.31. The number of pyridine rings is 1. The Balaban J connectivity index is 1.75. The van der Waals surface area contributed by atoms with E-state index in [2.05, 4.69) is 29.0 Å². The van der Waals surface area contributed by atoms with E-state index in [1.54, 1.807) is 0 Å². The highest BCUT2D eigenvalue weighted by molar-refractivity contribution is 7.88. The average molecular weight is 401 g/mol. The molecule has 4 rings (SSSR count). The summed E-state index contributed by atoms with van der Waals surface area (Å²) in [6.45, 7) is 1.98. The lowest BCUT2D eigenvalue weighted by atomic mass is 9.90. The Morgan fingerprint density at radius 2 is 1.93 bits per heavy atom. The molecule has 1 N–H and O–H groups in total. The van der Waals surface area contributed by atoms with Crippen molar-refractivity contribution in [2.24, 2.45) is 0 Å². The molecule has 2 atom stereocenters. The number of benzene rings is 1. The first-order valence-electron chi connectivity index (χ1n) is 10.1. The number of nitrogens with zero attached hydrogens (tertiary/aromatic N) is 1. The Hall–Kier alpha value is -1.92. The highest BCUT2D eigenvalue weighted by atomic mass is 32.2. The summed E-state index contributed by atoms with van der Waals surface area (Å²) in [5, 5.41) is 0. The predicted molar refractivity (Wildman–Crippen MR) is 111 cm³/mol. The monoisotopic (exact) mass is 400 g/mol. The van der Waals surface area contributed by atoms with Crippen LogP contribution in [0.3, 0.4) is 0 Å². The first kappa shape index (κ1) is 19.4. The van der Waals surface area contributed by atoms with Gasteiger partial charge in [-0.25, -0.2) is 13.1 Å². The van der Waals surface area contributed by atoms with Crippen LogP contribution in [0.4, 0.5) is 0 Å². The van der Waals surface area contributed by atoms with Crippen molar-refractivity contribution < 1.29 is 8.42 Å². The van der Waals surface area contributed by atoms with Crippen LogP contribution >= 0.6 is 0 Å². The summed E-state index contributed by atoms with van der Waals surface area (Å²) in [6.07, 6.45) is 6.40. The number of rotatable bonds is 6. The van der Waals surface area contributed by atoms with Gasteiger partial charge in [-0.3, -0.25) is 4.79 Å². The summed E-state index contributed by atoms with van der Waals surface area (Å²) >= 11 is 0. The van der Waals surface area contributed by atoms with Gasteiger partial charge in [0.15, 0.2) is 0 Å². The fourth-order valence-electron chi connectivity index (χ4n) is 4.42. The molecule has 5 nitrogen and oxygen atoms in total. The summed E-state index contributed by atoms with van der Waals surface area (Å²) in [7, 11) is -3.36. The zero-order valence-corrected chi connectivity index (χ0v) is 17.3. The van der Waals surface area contributed by atoms with Gasteiger partial charge in [-0.1, -0.05) is 37.3 Å². The molecule has 1 aromatic carbocycles. The average Bonchev–Trinajstić information content (AvgIpc) is 3.48. The van der Waals surface area contributed by atoms with Crippen LogP contribution in [0.15, 0.2) is 41.2 Å². The molecule has 0 spiro atoms. The number of hydrogen-bond donors (Lipinski definition) is 1. The molecule has 2 aromatic rings. The first-order valence-corrected chi connectivity index (χ1v) is 12.0. The minimum Gasteiger partial charge on any atom is -0.307 e. The van der Waals surface area contributed by atoms with Crippen molar-refractivity contribution in [1.29, 1.82) is 0 Å². The lowest BCUT2D eigenvalue weighted by Crippen LogP contribution is -2.48. The molecule has 1 aliphatic carbocycles. The van der Waals surface area contributed by atoms with E-state index in [4.69, 9.17) is 0 Å². The number of sulfonamides is 1. The molecule has 2 heterocycles. The normalized spacial score (nSPS) is 22.1. The molecule has 1 saturated carbocycles. The van der Waals surface area contributed by atoms with E-state index in [0.29, 0.717) is 31.6 Å². The second-order valence-electron chi connectivity index (χ2n) is 8.20. The van der Waals surface area contributed by atoms with E-state index >= 15 is 0 Å². The van der Waals surface area contributed by atoms with E-state index in [0.717, 1.165) is 16.8 Å². The Kier molecular flexibility index (Phi) is 5.19. The van der Waals surface area contributed by atoms with Gasteiger partial charge in [-0.15, -0.1) is 0 Å². The van der Waals surface area contributed by atoms with E-state index < -0.39 is 10.0 Å². The minimum absolute atomic E-state index is 0.0170. The van der Waals surface area contributed by atoms with Gasteiger partial charge in [0.2, 0.25) is 10.0 Å². The highest BCUT2D eigenvalue weighted by Crippen LogP contribution is 2.40. The Morgan fingerprint density at radius 1 is 1.14 bits per heavy atom. The molecule has 2 unspecified atom stereocenters. The largest absolute Gasteiger partial charge is 0.307 e. The summed E-state index contributed by atoms with van der Waals surface area (Å²) in [5.74, 6) is 0.665. The maximum Gasteiger partial charge on any atom is 0.254 e. The molecule has 2 aliphatic rings. The summed E-state index contributed by atoms with van der Waals surface area (Å²) in [6, 6.07) is 12.0. The lowest BCUT2D eigenvalue weighted by Gasteiger charge is -2.36. The number of aryl methyl sites for hydroxylation is 2. The topological polar surface area (TPSA) is 68.2 Å². The second kappa shape index (κ2) is 7.48. The van der Waals surface area contributed by atoms with Crippen LogP contribution < -0.4 is 10.3 Å². The standard InChI is InChI=1S/C22H28N2O3S/c1-3-16-9-10-19-11-12-20(23-28(2,26)27)21(24(19)22(16)25)14-15-5-4-6-18(13-15)17-7-8-17/h4-6,9-10,13,17,20-21,23H,3,7-8,11-12,14H2,1-2H3. The van der Waals surface area contributed by atoms with E-state index in [9.17, 15) is 13.2 Å². The molecular weight excluding hydrogens is 372 g/mol. The number of aromatic nitrogens is 1. The van der Waals surface area contributed by atoms with Crippen LogP contribution in [-0.2, 0) is 29.3 Å². The highest BCUT2D eigenvalue weighted by Gasteiger charge is 2.33. The molecule has 0 radical (unpaired) electrons. The number of nitrogens with one attached hydrogen (secondary N) is 1. The Labute approximate surface area is 166 Å². The van der Waals surface area contributed by atoms with Crippen molar-refractivity contribution in [2.45, 2.75) is 63.5 Å². The van der Waals surface area contributed by atoms with Gasteiger partial charge >= 0.3 is 0 Å². The van der Waals surface area contributed by atoms with Crippen LogP contribution in [0.2, 0.25) is 0 Å². The molecule has 150 valence electrons. The van der Waals surface area contributed by atoms with Crippen LogP contribution in [0.25, 0.3) is 0 Å². The SMILES string of the molecule is CCc1ccc2n(c1=O)C(Cc1cccc(C3CC3)c1)C(NS(C)(=O)=O)CC2. The van der Waals surface area contributed by atoms with Crippen LogP contribution in [0, 0.1) is 0 Å². The van der Waals surface area contributed by atoms with Crippen molar-refractivity contribution in [3.63, 3.8) is 0 Å². The molecular formula is C22H28N2O3S. The number of fused-ring (bicyclic) bond motifs is 1. The summed E-state index contributed by atoms with van der Waals surface area (Å²) < 4.78 is 28.6. The second-order valence-corrected chi connectivity index (χ2v) is 9.98. The third-order valence-corrected chi connectivity index (χ3v) is 6.71. The fourth-order valence-corrected chi connectivity index (χ4v) is 5.25.